The van der Waals surface area contributed by atoms with Gasteiger partial charge in [-0.3, -0.25) is 4.79 Å². The molecule has 108 valence electrons. The molecule has 0 spiro atoms. The highest BCUT2D eigenvalue weighted by atomic mass is 35.5. The molecule has 1 rings (SSSR count). The lowest BCUT2D eigenvalue weighted by molar-refractivity contribution is -0.133. The van der Waals surface area contributed by atoms with Crippen LogP contribution in [0.25, 0.3) is 0 Å². The predicted octanol–water partition coefficient (Wildman–Crippen LogP) is 1.83. The molecule has 0 saturated carbocycles. The van der Waals surface area contributed by atoms with E-state index in [1.165, 1.54) is 0 Å². The molecule has 4 nitrogen and oxygen atoms in total. The van der Waals surface area contributed by atoms with Crippen molar-refractivity contribution in [1.29, 1.82) is 0 Å². The largest absolute Gasteiger partial charge is 0.385 e. The van der Waals surface area contributed by atoms with Crippen LogP contribution in [0.5, 0.6) is 0 Å². The van der Waals surface area contributed by atoms with Crippen molar-refractivity contribution in [2.45, 2.75) is 45.1 Å². The van der Waals surface area contributed by atoms with Gasteiger partial charge in [0.25, 0.3) is 0 Å². The Morgan fingerprint density at radius 3 is 2.78 bits per heavy atom. The zero-order valence-electron chi connectivity index (χ0n) is 11.6. The molecule has 1 aliphatic heterocycles. The summed E-state index contributed by atoms with van der Waals surface area (Å²) < 4.78 is 5.00. The molecule has 5 heteroatoms. The van der Waals surface area contributed by atoms with Crippen molar-refractivity contribution < 1.29 is 9.53 Å². The average molecular weight is 279 g/mol. The van der Waals surface area contributed by atoms with Gasteiger partial charge in [-0.25, -0.2) is 0 Å². The third-order valence-electron chi connectivity index (χ3n) is 3.25. The van der Waals surface area contributed by atoms with Crippen LogP contribution in [0.1, 0.15) is 39.0 Å². The number of unbranched alkanes of at least 4 members (excludes halogenated alkanes) is 1. The Morgan fingerprint density at radius 2 is 2.22 bits per heavy atom. The Balaban J connectivity index is 0.00000289. The lowest BCUT2D eigenvalue weighted by Gasteiger charge is -2.28. The van der Waals surface area contributed by atoms with Gasteiger partial charge in [0.1, 0.15) is 0 Å². The molecule has 1 amide bonds. The molecule has 0 aromatic rings. The summed E-state index contributed by atoms with van der Waals surface area (Å²) in [5.41, 5.74) is 0. The first-order chi connectivity index (χ1) is 8.29. The summed E-state index contributed by atoms with van der Waals surface area (Å²) in [6.45, 7) is 5.79. The van der Waals surface area contributed by atoms with E-state index in [1.807, 2.05) is 0 Å². The van der Waals surface area contributed by atoms with Crippen molar-refractivity contribution >= 4 is 18.3 Å². The van der Waals surface area contributed by atoms with Crippen LogP contribution < -0.4 is 5.32 Å². The maximum atomic E-state index is 12.1. The van der Waals surface area contributed by atoms with Gasteiger partial charge in [-0.2, -0.15) is 0 Å². The first-order valence-corrected chi connectivity index (χ1v) is 6.78. The van der Waals surface area contributed by atoms with E-state index in [4.69, 9.17) is 4.74 Å². The van der Waals surface area contributed by atoms with Gasteiger partial charge in [0, 0.05) is 39.3 Å². The molecule has 1 heterocycles. The number of nitrogens with one attached hydrogen (secondary N) is 1. The minimum atomic E-state index is 0. The highest BCUT2D eigenvalue weighted by Gasteiger charge is 2.25. The molecular formula is C13H27ClN2O2. The lowest BCUT2D eigenvalue weighted by atomic mass is 10.1. The van der Waals surface area contributed by atoms with Crippen molar-refractivity contribution in [3.8, 4) is 0 Å². The predicted molar refractivity (Wildman–Crippen MR) is 76.3 cm³/mol. The van der Waals surface area contributed by atoms with Crippen molar-refractivity contribution in [2.24, 2.45) is 0 Å². The molecule has 1 unspecified atom stereocenters. The number of hydrogen-bond donors (Lipinski definition) is 1. The van der Waals surface area contributed by atoms with E-state index in [0.29, 0.717) is 18.4 Å². The van der Waals surface area contributed by atoms with E-state index in [1.54, 1.807) is 7.11 Å². The van der Waals surface area contributed by atoms with Crippen molar-refractivity contribution in [3.63, 3.8) is 0 Å². The van der Waals surface area contributed by atoms with Crippen LogP contribution in [0.3, 0.4) is 0 Å². The number of halogens is 1. The Hall–Kier alpha value is -0.320. The molecule has 1 N–H and O–H groups in total. The maximum absolute atomic E-state index is 12.1. The van der Waals surface area contributed by atoms with Gasteiger partial charge < -0.3 is 15.0 Å². The standard InChI is InChI=1S/C13H26N2O2.ClH/c1-3-9-15(12-7-8-14-11-12)13(16)6-4-5-10-17-2;/h12,14H,3-11H2,1-2H3;1H. The summed E-state index contributed by atoms with van der Waals surface area (Å²) >= 11 is 0. The van der Waals surface area contributed by atoms with Gasteiger partial charge >= 0.3 is 0 Å². The van der Waals surface area contributed by atoms with Gasteiger partial charge in [-0.15, -0.1) is 12.4 Å². The van der Waals surface area contributed by atoms with Crippen molar-refractivity contribution in [3.05, 3.63) is 0 Å². The zero-order valence-corrected chi connectivity index (χ0v) is 12.4. The molecule has 0 bridgehead atoms. The SMILES string of the molecule is CCCN(C(=O)CCCCOC)C1CCNC1.Cl. The van der Waals surface area contributed by atoms with E-state index in [9.17, 15) is 4.79 Å². The van der Waals surface area contributed by atoms with E-state index >= 15 is 0 Å². The number of carbonyl (C=O) groups excluding carboxylic acids is 1. The molecule has 18 heavy (non-hydrogen) atoms. The van der Waals surface area contributed by atoms with Gasteiger partial charge in [-0.05, 0) is 32.2 Å². The second-order valence-electron chi connectivity index (χ2n) is 4.68. The Kier molecular flexibility index (Phi) is 10.4. The fraction of sp³-hybridized carbons (Fsp3) is 0.923. The van der Waals surface area contributed by atoms with E-state index in [-0.39, 0.29) is 12.4 Å². The summed E-state index contributed by atoms with van der Waals surface area (Å²) in [6.07, 6.45) is 4.72. The Bertz CT molecular complexity index is 221. The Morgan fingerprint density at radius 1 is 1.44 bits per heavy atom. The first kappa shape index (κ1) is 17.7. The molecule has 0 aliphatic carbocycles. The molecular weight excluding hydrogens is 252 g/mol. The summed E-state index contributed by atoms with van der Waals surface area (Å²) in [7, 11) is 1.70. The normalized spacial score (nSPS) is 18.4. The summed E-state index contributed by atoms with van der Waals surface area (Å²) in [5.74, 6) is 0.316. The highest BCUT2D eigenvalue weighted by Crippen LogP contribution is 2.12. The second-order valence-corrected chi connectivity index (χ2v) is 4.68. The second kappa shape index (κ2) is 10.6. The maximum Gasteiger partial charge on any atom is 0.222 e. The molecule has 1 saturated heterocycles. The lowest BCUT2D eigenvalue weighted by Crippen LogP contribution is -2.42. The van der Waals surface area contributed by atoms with E-state index in [0.717, 1.165) is 51.9 Å². The summed E-state index contributed by atoms with van der Waals surface area (Å²) in [4.78, 5) is 14.2. The molecule has 1 aliphatic rings. The van der Waals surface area contributed by atoms with Crippen LogP contribution in [-0.2, 0) is 9.53 Å². The molecule has 1 atom stereocenters. The third-order valence-corrected chi connectivity index (χ3v) is 3.25. The molecule has 0 aromatic heterocycles. The van der Waals surface area contributed by atoms with Gasteiger partial charge in [-0.1, -0.05) is 6.92 Å². The van der Waals surface area contributed by atoms with Crippen LogP contribution in [0.4, 0.5) is 0 Å². The minimum Gasteiger partial charge on any atom is -0.385 e. The summed E-state index contributed by atoms with van der Waals surface area (Å²) in [6, 6.07) is 0.421. The number of methoxy groups -OCH3 is 1. The number of amides is 1. The van der Waals surface area contributed by atoms with E-state index in [2.05, 4.69) is 17.1 Å². The quantitative estimate of drug-likeness (QED) is 0.689. The highest BCUT2D eigenvalue weighted by molar-refractivity contribution is 5.85. The first-order valence-electron chi connectivity index (χ1n) is 6.78. The van der Waals surface area contributed by atoms with Crippen molar-refractivity contribution in [1.82, 2.24) is 10.2 Å². The number of hydrogen-bond acceptors (Lipinski definition) is 3. The Labute approximate surface area is 117 Å². The van der Waals surface area contributed by atoms with Gasteiger partial charge in [0.05, 0.1) is 0 Å². The van der Waals surface area contributed by atoms with Gasteiger partial charge in [0.15, 0.2) is 0 Å². The number of carbonyl (C=O) groups is 1. The van der Waals surface area contributed by atoms with Crippen molar-refractivity contribution in [2.75, 3.05) is 33.4 Å². The summed E-state index contributed by atoms with van der Waals surface area (Å²) in [5, 5.41) is 3.33. The minimum absolute atomic E-state index is 0. The van der Waals surface area contributed by atoms with Crippen LogP contribution in [-0.4, -0.2) is 50.2 Å². The fourth-order valence-corrected chi connectivity index (χ4v) is 2.32. The molecule has 0 radical (unpaired) electrons. The number of nitrogens with zero attached hydrogens (tertiary/aromatic N) is 1. The fourth-order valence-electron chi connectivity index (χ4n) is 2.32. The van der Waals surface area contributed by atoms with Crippen LogP contribution >= 0.6 is 12.4 Å². The van der Waals surface area contributed by atoms with E-state index < -0.39 is 0 Å². The smallest absolute Gasteiger partial charge is 0.222 e. The monoisotopic (exact) mass is 278 g/mol. The van der Waals surface area contributed by atoms with Crippen LogP contribution in [0, 0.1) is 0 Å². The number of ether oxygens (including phenoxy) is 1. The topological polar surface area (TPSA) is 41.6 Å². The molecule has 0 aromatic carbocycles. The zero-order chi connectivity index (χ0) is 12.5. The molecule has 1 fully saturated rings. The number of rotatable bonds is 8. The van der Waals surface area contributed by atoms with Crippen LogP contribution in [0.15, 0.2) is 0 Å². The average Bonchev–Trinajstić information content (AvgIpc) is 2.85. The van der Waals surface area contributed by atoms with Crippen LogP contribution in [0.2, 0.25) is 0 Å². The third kappa shape index (κ3) is 6.03. The van der Waals surface area contributed by atoms with Gasteiger partial charge in [0.2, 0.25) is 5.91 Å².